The summed E-state index contributed by atoms with van der Waals surface area (Å²) in [5.74, 6) is 0. The number of nitrogens with zero attached hydrogens (tertiary/aromatic N) is 1. The molecule has 0 atom stereocenters. The number of benzene rings is 1. The van der Waals surface area contributed by atoms with Crippen molar-refractivity contribution in [2.24, 2.45) is 0 Å². The first-order valence-electron chi connectivity index (χ1n) is 2.91. The van der Waals surface area contributed by atoms with Crippen LogP contribution in [0, 0.1) is 10.1 Å². The van der Waals surface area contributed by atoms with E-state index >= 15 is 0 Å². The summed E-state index contributed by atoms with van der Waals surface area (Å²) in [6.07, 6.45) is 0. The third-order valence-corrected chi connectivity index (χ3v) is 2.59. The summed E-state index contributed by atoms with van der Waals surface area (Å²) in [5, 5.41) is 10.3. The molecule has 6 nitrogen and oxygen atoms in total. The van der Waals surface area contributed by atoms with Gasteiger partial charge in [-0.05, 0) is 31.9 Å². The Morgan fingerprint density at radius 3 is 1.86 bits per heavy atom. The molecule has 0 saturated heterocycles. The highest BCUT2D eigenvalue weighted by Crippen LogP contribution is 2.32. The monoisotopic (exact) mass is 330 g/mol. The van der Waals surface area contributed by atoms with E-state index in [0.717, 1.165) is 0 Å². The molecule has 0 heterocycles. The van der Waals surface area contributed by atoms with Crippen LogP contribution < -0.4 is 5.73 Å². The third-order valence-electron chi connectivity index (χ3n) is 1.27. The predicted molar refractivity (Wildman–Crippen MR) is 60.1 cm³/mol. The van der Waals surface area contributed by atoms with Crippen LogP contribution in [0.5, 0.6) is 0 Å². The van der Waals surface area contributed by atoms with Crippen molar-refractivity contribution >= 4 is 43.2 Å². The molecule has 0 spiro atoms. The lowest BCUT2D eigenvalue weighted by Crippen LogP contribution is -1.92. The van der Waals surface area contributed by atoms with Crippen LogP contribution in [-0.4, -0.2) is 15.9 Å². The Balaban J connectivity index is 0. The summed E-state index contributed by atoms with van der Waals surface area (Å²) in [5.41, 5.74) is 6.00. The van der Waals surface area contributed by atoms with E-state index in [1.54, 1.807) is 0 Å². The van der Waals surface area contributed by atoms with E-state index in [1.807, 2.05) is 0 Å². The van der Waals surface area contributed by atoms with Crippen LogP contribution in [0.3, 0.4) is 0 Å². The largest absolute Gasteiger partial charge is 0.412 e. The van der Waals surface area contributed by atoms with Crippen molar-refractivity contribution in [3.05, 3.63) is 31.2 Å². The number of hydrogen-bond acceptors (Lipinski definition) is 3. The van der Waals surface area contributed by atoms with Crippen LogP contribution in [0.2, 0.25) is 0 Å². The standard InChI is InChI=1S/C6H4Br2N2O2.2H2O/c7-4-1-3(10(11)12)2-5(8)6(4)9;;/h1-2H,9H2;2*1H2. The zero-order chi connectivity index (χ0) is 9.30. The second-order valence-electron chi connectivity index (χ2n) is 2.08. The van der Waals surface area contributed by atoms with E-state index in [0.29, 0.717) is 14.6 Å². The Hall–Kier alpha value is -0.700. The second kappa shape index (κ2) is 5.91. The predicted octanol–water partition coefficient (Wildman–Crippen LogP) is 1.05. The number of nitro benzene ring substituents is 1. The van der Waals surface area contributed by atoms with Gasteiger partial charge in [0.1, 0.15) is 0 Å². The van der Waals surface area contributed by atoms with Gasteiger partial charge in [-0.2, -0.15) is 0 Å². The van der Waals surface area contributed by atoms with Gasteiger partial charge in [0.25, 0.3) is 5.69 Å². The van der Waals surface area contributed by atoms with E-state index in [4.69, 9.17) is 5.73 Å². The molecule has 8 heteroatoms. The van der Waals surface area contributed by atoms with Crippen LogP contribution >= 0.6 is 31.9 Å². The molecule has 0 aromatic heterocycles. The molecule has 0 aliphatic rings. The number of halogens is 2. The van der Waals surface area contributed by atoms with Crippen molar-refractivity contribution < 1.29 is 15.9 Å². The Morgan fingerprint density at radius 1 is 1.21 bits per heavy atom. The van der Waals surface area contributed by atoms with E-state index in [9.17, 15) is 10.1 Å². The van der Waals surface area contributed by atoms with Crippen molar-refractivity contribution in [3.63, 3.8) is 0 Å². The van der Waals surface area contributed by atoms with Gasteiger partial charge in [-0.1, -0.05) is 0 Å². The molecule has 1 aromatic carbocycles. The Labute approximate surface area is 96.1 Å². The maximum atomic E-state index is 10.3. The van der Waals surface area contributed by atoms with Gasteiger partial charge in [-0.15, -0.1) is 0 Å². The summed E-state index contributed by atoms with van der Waals surface area (Å²) in [6.45, 7) is 0. The van der Waals surface area contributed by atoms with Gasteiger partial charge in [-0.25, -0.2) is 0 Å². The molecule has 0 bridgehead atoms. The van der Waals surface area contributed by atoms with E-state index in [1.165, 1.54) is 12.1 Å². The van der Waals surface area contributed by atoms with Crippen molar-refractivity contribution in [1.82, 2.24) is 0 Å². The molecule has 14 heavy (non-hydrogen) atoms. The highest BCUT2D eigenvalue weighted by atomic mass is 79.9. The first kappa shape index (κ1) is 15.8. The lowest BCUT2D eigenvalue weighted by Gasteiger charge is -2.00. The van der Waals surface area contributed by atoms with Crippen LogP contribution in [0.4, 0.5) is 11.4 Å². The lowest BCUT2D eigenvalue weighted by atomic mass is 10.3. The highest BCUT2D eigenvalue weighted by molar-refractivity contribution is 9.11. The summed E-state index contributed by atoms with van der Waals surface area (Å²) in [7, 11) is 0. The Kier molecular flexibility index (Phi) is 6.65. The van der Waals surface area contributed by atoms with Crippen molar-refractivity contribution in [3.8, 4) is 0 Å². The van der Waals surface area contributed by atoms with Crippen LogP contribution in [0.25, 0.3) is 0 Å². The molecule has 0 unspecified atom stereocenters. The van der Waals surface area contributed by atoms with Gasteiger partial charge in [0.2, 0.25) is 0 Å². The lowest BCUT2D eigenvalue weighted by molar-refractivity contribution is -0.385. The number of hydrogen-bond donors (Lipinski definition) is 1. The number of nitro groups is 1. The van der Waals surface area contributed by atoms with Gasteiger partial charge < -0.3 is 16.7 Å². The maximum absolute atomic E-state index is 10.3. The third kappa shape index (κ3) is 3.22. The number of non-ortho nitro benzene ring substituents is 1. The molecule has 0 aliphatic carbocycles. The van der Waals surface area contributed by atoms with E-state index < -0.39 is 4.92 Å². The average Bonchev–Trinajstić information content (AvgIpc) is 1.99. The zero-order valence-corrected chi connectivity index (χ0v) is 9.92. The van der Waals surface area contributed by atoms with Crippen molar-refractivity contribution in [2.45, 2.75) is 0 Å². The average molecular weight is 332 g/mol. The molecular weight excluding hydrogens is 324 g/mol. The van der Waals surface area contributed by atoms with Crippen LogP contribution in [0.1, 0.15) is 0 Å². The molecule has 1 aromatic rings. The topological polar surface area (TPSA) is 132 Å². The molecule has 0 saturated carbocycles. The molecule has 80 valence electrons. The van der Waals surface area contributed by atoms with Crippen LogP contribution in [-0.2, 0) is 0 Å². The van der Waals surface area contributed by atoms with E-state index in [-0.39, 0.29) is 16.6 Å². The molecule has 0 radical (unpaired) electrons. The molecule has 0 aliphatic heterocycles. The molecular formula is C6H8Br2N2O4. The minimum atomic E-state index is -0.477. The second-order valence-corrected chi connectivity index (χ2v) is 3.79. The summed E-state index contributed by atoms with van der Waals surface area (Å²) < 4.78 is 1.03. The minimum Gasteiger partial charge on any atom is -0.412 e. The Bertz CT molecular complexity index is 322. The molecule has 1 rings (SSSR count). The fraction of sp³-hybridized carbons (Fsp3) is 0. The fourth-order valence-electron chi connectivity index (χ4n) is 0.676. The van der Waals surface area contributed by atoms with Crippen molar-refractivity contribution in [1.29, 1.82) is 0 Å². The zero-order valence-electron chi connectivity index (χ0n) is 6.75. The Morgan fingerprint density at radius 2 is 1.57 bits per heavy atom. The van der Waals surface area contributed by atoms with Crippen molar-refractivity contribution in [2.75, 3.05) is 5.73 Å². The summed E-state index contributed by atoms with van der Waals surface area (Å²) in [6, 6.07) is 2.72. The number of nitrogens with two attached hydrogens (primary N) is 1. The summed E-state index contributed by atoms with van der Waals surface area (Å²) >= 11 is 6.21. The number of rotatable bonds is 1. The van der Waals surface area contributed by atoms with Gasteiger partial charge in [-0.3, -0.25) is 10.1 Å². The van der Waals surface area contributed by atoms with Gasteiger partial charge in [0.05, 0.1) is 10.6 Å². The SMILES string of the molecule is Nc1c(Br)cc([N+](=O)[O-])cc1Br.O.O. The van der Waals surface area contributed by atoms with Gasteiger partial charge in [0, 0.05) is 21.1 Å². The molecule has 0 amide bonds. The van der Waals surface area contributed by atoms with E-state index in [2.05, 4.69) is 31.9 Å². The quantitative estimate of drug-likeness (QED) is 0.468. The summed E-state index contributed by atoms with van der Waals surface area (Å²) in [4.78, 5) is 9.86. The van der Waals surface area contributed by atoms with Crippen LogP contribution in [0.15, 0.2) is 21.1 Å². The first-order chi connectivity index (χ1) is 5.52. The number of anilines is 1. The fourth-order valence-corrected chi connectivity index (χ4v) is 1.84. The number of nitrogen functional groups attached to an aromatic ring is 1. The van der Waals surface area contributed by atoms with Gasteiger partial charge >= 0.3 is 0 Å². The minimum absolute atomic E-state index is 0. The first-order valence-corrected chi connectivity index (χ1v) is 4.50. The normalized spacial score (nSPS) is 8.43. The van der Waals surface area contributed by atoms with Gasteiger partial charge in [0.15, 0.2) is 0 Å². The highest BCUT2D eigenvalue weighted by Gasteiger charge is 2.10. The maximum Gasteiger partial charge on any atom is 0.271 e. The molecule has 6 N–H and O–H groups in total. The molecule has 0 fully saturated rings. The smallest absolute Gasteiger partial charge is 0.271 e.